The van der Waals surface area contributed by atoms with E-state index in [2.05, 4.69) is 43.3 Å². The predicted molar refractivity (Wildman–Crippen MR) is 72.7 cm³/mol. The maximum atomic E-state index is 9.16. The standard InChI is InChI=1S/C16H19N/c1-3-4-5-6-7-8-16(13-17)15-11-9-14(2)10-12-15/h3-6,9-12,16H,7-8H2,1-2H3/b4-3+,6-5+. The molecule has 0 saturated heterocycles. The number of aryl methyl sites for hydroxylation is 1. The quantitative estimate of drug-likeness (QED) is 0.676. The zero-order valence-corrected chi connectivity index (χ0v) is 10.6. The van der Waals surface area contributed by atoms with Crippen LogP contribution in [0.15, 0.2) is 48.6 Å². The Balaban J connectivity index is 2.55. The zero-order chi connectivity index (χ0) is 12.5. The van der Waals surface area contributed by atoms with Gasteiger partial charge >= 0.3 is 0 Å². The van der Waals surface area contributed by atoms with Gasteiger partial charge in [0.25, 0.3) is 0 Å². The van der Waals surface area contributed by atoms with Crippen molar-refractivity contribution in [2.75, 3.05) is 0 Å². The molecule has 0 spiro atoms. The van der Waals surface area contributed by atoms with Crippen LogP contribution >= 0.6 is 0 Å². The average Bonchev–Trinajstić information content (AvgIpc) is 2.35. The number of rotatable bonds is 5. The minimum absolute atomic E-state index is 0.00542. The largest absolute Gasteiger partial charge is 0.198 e. The number of nitrogens with zero attached hydrogens (tertiary/aromatic N) is 1. The highest BCUT2D eigenvalue weighted by Crippen LogP contribution is 2.21. The maximum absolute atomic E-state index is 9.16. The van der Waals surface area contributed by atoms with Gasteiger partial charge in [-0.25, -0.2) is 0 Å². The fraction of sp³-hybridized carbons (Fsp3) is 0.312. The summed E-state index contributed by atoms with van der Waals surface area (Å²) >= 11 is 0. The van der Waals surface area contributed by atoms with Crippen LogP contribution in [0.1, 0.15) is 36.8 Å². The van der Waals surface area contributed by atoms with Crippen LogP contribution in [0.2, 0.25) is 0 Å². The molecule has 1 atom stereocenters. The molecule has 17 heavy (non-hydrogen) atoms. The molecular formula is C16H19N. The Labute approximate surface area is 104 Å². The lowest BCUT2D eigenvalue weighted by molar-refractivity contribution is 0.761. The van der Waals surface area contributed by atoms with Crippen molar-refractivity contribution in [1.29, 1.82) is 5.26 Å². The van der Waals surface area contributed by atoms with Crippen LogP contribution in [0.5, 0.6) is 0 Å². The third-order valence-electron chi connectivity index (χ3n) is 2.70. The van der Waals surface area contributed by atoms with Gasteiger partial charge in [-0.3, -0.25) is 0 Å². The fourth-order valence-corrected chi connectivity index (χ4v) is 1.65. The van der Waals surface area contributed by atoms with Crippen molar-refractivity contribution in [3.05, 3.63) is 59.7 Å². The van der Waals surface area contributed by atoms with E-state index in [9.17, 15) is 0 Å². The molecule has 0 N–H and O–H groups in total. The maximum Gasteiger partial charge on any atom is 0.0715 e. The molecule has 0 aliphatic carbocycles. The first-order valence-electron chi connectivity index (χ1n) is 6.02. The van der Waals surface area contributed by atoms with Gasteiger partial charge < -0.3 is 0 Å². The molecule has 0 radical (unpaired) electrons. The lowest BCUT2D eigenvalue weighted by atomic mass is 9.95. The van der Waals surface area contributed by atoms with Gasteiger partial charge in [-0.2, -0.15) is 5.26 Å². The molecule has 88 valence electrons. The number of hydrogen-bond acceptors (Lipinski definition) is 1. The van der Waals surface area contributed by atoms with Gasteiger partial charge in [0.1, 0.15) is 0 Å². The van der Waals surface area contributed by atoms with E-state index < -0.39 is 0 Å². The molecule has 1 aromatic carbocycles. The highest BCUT2D eigenvalue weighted by atomic mass is 14.3. The first kappa shape index (κ1) is 13.3. The number of hydrogen-bond donors (Lipinski definition) is 0. The summed E-state index contributed by atoms with van der Waals surface area (Å²) < 4.78 is 0. The van der Waals surface area contributed by atoms with Crippen molar-refractivity contribution >= 4 is 0 Å². The zero-order valence-electron chi connectivity index (χ0n) is 10.6. The molecule has 1 nitrogen and oxygen atoms in total. The summed E-state index contributed by atoms with van der Waals surface area (Å²) in [5, 5.41) is 9.16. The molecule has 0 aliphatic heterocycles. The molecule has 0 aromatic heterocycles. The van der Waals surface area contributed by atoms with Crippen LogP contribution < -0.4 is 0 Å². The van der Waals surface area contributed by atoms with Crippen molar-refractivity contribution in [3.8, 4) is 6.07 Å². The molecular weight excluding hydrogens is 206 g/mol. The molecule has 0 fully saturated rings. The van der Waals surface area contributed by atoms with E-state index >= 15 is 0 Å². The Morgan fingerprint density at radius 2 is 1.94 bits per heavy atom. The summed E-state index contributed by atoms with van der Waals surface area (Å²) in [6.45, 7) is 4.06. The van der Waals surface area contributed by atoms with E-state index in [1.807, 2.05) is 25.2 Å². The first-order chi connectivity index (χ1) is 8.27. The Hall–Kier alpha value is -1.81. The highest BCUT2D eigenvalue weighted by molar-refractivity contribution is 5.28. The monoisotopic (exact) mass is 225 g/mol. The minimum Gasteiger partial charge on any atom is -0.198 e. The van der Waals surface area contributed by atoms with Gasteiger partial charge in [0.2, 0.25) is 0 Å². The lowest BCUT2D eigenvalue weighted by Crippen LogP contribution is -1.95. The van der Waals surface area contributed by atoms with Gasteiger partial charge in [-0.1, -0.05) is 54.1 Å². The summed E-state index contributed by atoms with van der Waals surface area (Å²) in [5.41, 5.74) is 2.36. The summed E-state index contributed by atoms with van der Waals surface area (Å²) in [6.07, 6.45) is 9.97. The average molecular weight is 225 g/mol. The minimum atomic E-state index is 0.00542. The van der Waals surface area contributed by atoms with Crippen molar-refractivity contribution in [2.45, 2.75) is 32.6 Å². The highest BCUT2D eigenvalue weighted by Gasteiger charge is 2.08. The molecule has 1 unspecified atom stereocenters. The second-order valence-electron chi connectivity index (χ2n) is 4.12. The Morgan fingerprint density at radius 3 is 2.53 bits per heavy atom. The molecule has 0 aliphatic rings. The van der Waals surface area contributed by atoms with E-state index in [0.717, 1.165) is 18.4 Å². The molecule has 1 aromatic rings. The summed E-state index contributed by atoms with van der Waals surface area (Å²) in [5.74, 6) is 0.00542. The van der Waals surface area contributed by atoms with Crippen molar-refractivity contribution in [3.63, 3.8) is 0 Å². The van der Waals surface area contributed by atoms with E-state index in [-0.39, 0.29) is 5.92 Å². The van der Waals surface area contributed by atoms with Gasteiger partial charge in [-0.15, -0.1) is 0 Å². The molecule has 0 amide bonds. The first-order valence-corrected chi connectivity index (χ1v) is 6.02. The Kier molecular flexibility index (Phi) is 5.82. The normalized spacial score (nSPS) is 13.0. The lowest BCUT2D eigenvalue weighted by Gasteiger charge is -2.07. The van der Waals surface area contributed by atoms with Gasteiger partial charge in [0, 0.05) is 0 Å². The van der Waals surface area contributed by atoms with Gasteiger partial charge in [-0.05, 0) is 32.3 Å². The third kappa shape index (κ3) is 4.70. The smallest absolute Gasteiger partial charge is 0.0715 e. The van der Waals surface area contributed by atoms with E-state index in [1.54, 1.807) is 0 Å². The third-order valence-corrected chi connectivity index (χ3v) is 2.70. The van der Waals surface area contributed by atoms with Crippen LogP contribution in [0.3, 0.4) is 0 Å². The van der Waals surface area contributed by atoms with Crippen molar-refractivity contribution in [2.24, 2.45) is 0 Å². The van der Waals surface area contributed by atoms with Gasteiger partial charge in [0.05, 0.1) is 12.0 Å². The molecule has 1 rings (SSSR count). The predicted octanol–water partition coefficient (Wildman–Crippen LogP) is 4.51. The summed E-state index contributed by atoms with van der Waals surface area (Å²) in [6, 6.07) is 10.6. The Morgan fingerprint density at radius 1 is 1.24 bits per heavy atom. The molecule has 1 heteroatoms. The Bertz CT molecular complexity index is 418. The fourth-order valence-electron chi connectivity index (χ4n) is 1.65. The topological polar surface area (TPSA) is 23.8 Å². The molecule has 0 heterocycles. The van der Waals surface area contributed by atoms with Gasteiger partial charge in [0.15, 0.2) is 0 Å². The van der Waals surface area contributed by atoms with Crippen LogP contribution in [0.25, 0.3) is 0 Å². The van der Waals surface area contributed by atoms with Crippen LogP contribution in [0, 0.1) is 18.3 Å². The second kappa shape index (κ2) is 7.46. The van der Waals surface area contributed by atoms with E-state index in [4.69, 9.17) is 5.26 Å². The second-order valence-corrected chi connectivity index (χ2v) is 4.12. The van der Waals surface area contributed by atoms with Crippen LogP contribution in [0.4, 0.5) is 0 Å². The van der Waals surface area contributed by atoms with Crippen molar-refractivity contribution in [1.82, 2.24) is 0 Å². The SMILES string of the molecule is C/C=C/C=C/CCC(C#N)c1ccc(C)cc1. The van der Waals surface area contributed by atoms with Crippen molar-refractivity contribution < 1.29 is 0 Å². The molecule has 0 saturated carbocycles. The van der Waals surface area contributed by atoms with Crippen LogP contribution in [-0.4, -0.2) is 0 Å². The molecule has 0 bridgehead atoms. The number of benzene rings is 1. The van der Waals surface area contributed by atoms with E-state index in [1.165, 1.54) is 5.56 Å². The number of allylic oxidation sites excluding steroid dienone is 4. The summed E-state index contributed by atoms with van der Waals surface area (Å²) in [4.78, 5) is 0. The van der Waals surface area contributed by atoms with Crippen LogP contribution in [-0.2, 0) is 0 Å². The number of nitriles is 1. The van der Waals surface area contributed by atoms with E-state index in [0.29, 0.717) is 0 Å². The summed E-state index contributed by atoms with van der Waals surface area (Å²) in [7, 11) is 0.